The van der Waals surface area contributed by atoms with E-state index in [0.717, 1.165) is 26.2 Å². The highest BCUT2D eigenvalue weighted by Gasteiger charge is 2.24. The molecule has 0 radical (unpaired) electrons. The van der Waals surface area contributed by atoms with Crippen molar-refractivity contribution >= 4 is 6.03 Å². The van der Waals surface area contributed by atoms with Crippen LogP contribution in [0.15, 0.2) is 11.6 Å². The molecule has 0 bridgehead atoms. The van der Waals surface area contributed by atoms with Gasteiger partial charge in [-0.15, -0.1) is 0 Å². The second kappa shape index (κ2) is 8.00. The van der Waals surface area contributed by atoms with E-state index in [9.17, 15) is 4.79 Å². The Morgan fingerprint density at radius 1 is 1.09 bits per heavy atom. The number of amides is 2. The van der Waals surface area contributed by atoms with Crippen LogP contribution in [-0.4, -0.2) is 54.6 Å². The van der Waals surface area contributed by atoms with Gasteiger partial charge >= 0.3 is 6.03 Å². The fraction of sp³-hybridized carbons (Fsp3) is 0.833. The fourth-order valence-electron chi connectivity index (χ4n) is 3.94. The number of allylic oxidation sites excluding steroid dienone is 1. The van der Waals surface area contributed by atoms with Crippen LogP contribution >= 0.6 is 0 Å². The van der Waals surface area contributed by atoms with Crippen molar-refractivity contribution in [3.8, 4) is 0 Å². The third kappa shape index (κ3) is 4.48. The summed E-state index contributed by atoms with van der Waals surface area (Å²) in [6.45, 7) is 5.01. The predicted molar refractivity (Wildman–Crippen MR) is 90.0 cm³/mol. The molecule has 2 fully saturated rings. The smallest absolute Gasteiger partial charge is 0.317 e. The summed E-state index contributed by atoms with van der Waals surface area (Å²) in [5.41, 5.74) is 1.66. The van der Waals surface area contributed by atoms with E-state index in [4.69, 9.17) is 0 Å². The number of carbonyl (C=O) groups is 1. The van der Waals surface area contributed by atoms with Crippen LogP contribution in [0.3, 0.4) is 0 Å². The van der Waals surface area contributed by atoms with E-state index in [2.05, 4.69) is 16.3 Å². The van der Waals surface area contributed by atoms with Gasteiger partial charge in [-0.2, -0.15) is 0 Å². The van der Waals surface area contributed by atoms with Crippen molar-refractivity contribution in [2.24, 2.45) is 0 Å². The summed E-state index contributed by atoms with van der Waals surface area (Å²) in [5.74, 6) is 0. The van der Waals surface area contributed by atoms with Crippen molar-refractivity contribution in [2.75, 3.05) is 32.7 Å². The minimum absolute atomic E-state index is 0.168. The van der Waals surface area contributed by atoms with Crippen molar-refractivity contribution in [2.45, 2.75) is 63.8 Å². The molecule has 0 spiro atoms. The Bertz CT molecular complexity index is 393. The fourth-order valence-corrected chi connectivity index (χ4v) is 3.94. The molecule has 3 rings (SSSR count). The molecule has 2 amide bonds. The average molecular weight is 305 g/mol. The summed E-state index contributed by atoms with van der Waals surface area (Å²) in [6, 6.07) is 0.602. The van der Waals surface area contributed by atoms with Gasteiger partial charge in [-0.05, 0) is 44.9 Å². The van der Waals surface area contributed by atoms with E-state index in [1.165, 1.54) is 64.3 Å². The van der Waals surface area contributed by atoms with E-state index in [1.807, 2.05) is 4.90 Å². The molecular formula is C18H31N3O. The van der Waals surface area contributed by atoms with Crippen LogP contribution in [0.1, 0.15) is 57.8 Å². The van der Waals surface area contributed by atoms with Crippen LogP contribution in [0, 0.1) is 0 Å². The molecule has 3 aliphatic rings. The third-order valence-electron chi connectivity index (χ3n) is 5.48. The zero-order chi connectivity index (χ0) is 15.2. The van der Waals surface area contributed by atoms with E-state index in [-0.39, 0.29) is 6.03 Å². The number of nitrogens with one attached hydrogen (secondary N) is 1. The molecule has 124 valence electrons. The molecule has 2 aliphatic carbocycles. The second-order valence-electron chi connectivity index (χ2n) is 7.12. The lowest BCUT2D eigenvalue weighted by atomic mass is 9.97. The molecule has 0 aromatic carbocycles. The summed E-state index contributed by atoms with van der Waals surface area (Å²) in [5, 5.41) is 3.21. The van der Waals surface area contributed by atoms with Gasteiger partial charge in [-0.25, -0.2) is 4.79 Å². The maximum Gasteiger partial charge on any atom is 0.317 e. The van der Waals surface area contributed by atoms with Gasteiger partial charge in [0, 0.05) is 38.8 Å². The second-order valence-corrected chi connectivity index (χ2v) is 7.12. The average Bonchev–Trinajstić information content (AvgIpc) is 3.07. The van der Waals surface area contributed by atoms with Crippen molar-refractivity contribution < 1.29 is 4.79 Å². The van der Waals surface area contributed by atoms with Crippen molar-refractivity contribution in [1.29, 1.82) is 0 Å². The maximum atomic E-state index is 12.3. The quantitative estimate of drug-likeness (QED) is 0.810. The molecule has 4 heteroatoms. The Morgan fingerprint density at radius 2 is 1.86 bits per heavy atom. The van der Waals surface area contributed by atoms with E-state index in [1.54, 1.807) is 5.57 Å². The number of piperazine rings is 1. The first-order valence-corrected chi connectivity index (χ1v) is 9.27. The number of nitrogens with zero attached hydrogens (tertiary/aromatic N) is 2. The monoisotopic (exact) mass is 305 g/mol. The molecule has 22 heavy (non-hydrogen) atoms. The summed E-state index contributed by atoms with van der Waals surface area (Å²) in [4.78, 5) is 16.8. The molecular weight excluding hydrogens is 274 g/mol. The first-order valence-electron chi connectivity index (χ1n) is 9.27. The van der Waals surface area contributed by atoms with E-state index < -0.39 is 0 Å². The maximum absolute atomic E-state index is 12.3. The van der Waals surface area contributed by atoms with Gasteiger partial charge in [0.25, 0.3) is 0 Å². The highest BCUT2D eigenvalue weighted by Crippen LogP contribution is 2.21. The minimum atomic E-state index is 0.168. The zero-order valence-electron chi connectivity index (χ0n) is 13.9. The Hall–Kier alpha value is -1.03. The Balaban J connectivity index is 1.34. The van der Waals surface area contributed by atoms with E-state index >= 15 is 0 Å². The van der Waals surface area contributed by atoms with Gasteiger partial charge in [-0.1, -0.05) is 24.5 Å². The highest BCUT2D eigenvalue weighted by atomic mass is 16.2. The van der Waals surface area contributed by atoms with Crippen LogP contribution in [0.2, 0.25) is 0 Å². The third-order valence-corrected chi connectivity index (χ3v) is 5.48. The molecule has 4 nitrogen and oxygen atoms in total. The van der Waals surface area contributed by atoms with Gasteiger partial charge in [0.05, 0.1) is 0 Å². The molecule has 1 saturated carbocycles. The molecule has 1 N–H and O–H groups in total. The van der Waals surface area contributed by atoms with Crippen LogP contribution in [0.25, 0.3) is 0 Å². The molecule has 1 saturated heterocycles. The molecule has 1 heterocycles. The summed E-state index contributed by atoms with van der Waals surface area (Å²) in [7, 11) is 0. The first kappa shape index (κ1) is 15.9. The summed E-state index contributed by atoms with van der Waals surface area (Å²) < 4.78 is 0. The van der Waals surface area contributed by atoms with Crippen molar-refractivity contribution in [3.05, 3.63) is 11.6 Å². The standard InChI is InChI=1S/C18H31N3O/c22-18(19-17-8-4-5-9-17)21-14-12-20(13-15-21)11-10-16-6-2-1-3-7-16/h6,17H,1-5,7-15H2,(H,19,22). The lowest BCUT2D eigenvalue weighted by Gasteiger charge is -2.35. The number of carbonyl (C=O) groups excluding carboxylic acids is 1. The number of urea groups is 1. The van der Waals surface area contributed by atoms with Crippen LogP contribution in [-0.2, 0) is 0 Å². The van der Waals surface area contributed by atoms with Crippen molar-refractivity contribution in [3.63, 3.8) is 0 Å². The predicted octanol–water partition coefficient (Wildman–Crippen LogP) is 3.15. The highest BCUT2D eigenvalue weighted by molar-refractivity contribution is 5.74. The minimum Gasteiger partial charge on any atom is -0.335 e. The van der Waals surface area contributed by atoms with E-state index in [0.29, 0.717) is 6.04 Å². The first-order chi connectivity index (χ1) is 10.8. The molecule has 0 unspecified atom stereocenters. The summed E-state index contributed by atoms with van der Waals surface area (Å²) >= 11 is 0. The SMILES string of the molecule is O=C(NC1CCCC1)N1CCN(CCC2=CCCCC2)CC1. The Morgan fingerprint density at radius 3 is 2.55 bits per heavy atom. The van der Waals surface area contributed by atoms with Gasteiger partial charge in [0.2, 0.25) is 0 Å². The normalized spacial score (nSPS) is 24.4. The lowest BCUT2D eigenvalue weighted by molar-refractivity contribution is 0.138. The molecule has 1 aliphatic heterocycles. The van der Waals surface area contributed by atoms with Crippen LogP contribution in [0.4, 0.5) is 4.79 Å². The van der Waals surface area contributed by atoms with Crippen LogP contribution < -0.4 is 5.32 Å². The topological polar surface area (TPSA) is 35.6 Å². The summed E-state index contributed by atoms with van der Waals surface area (Å²) in [6.07, 6.45) is 13.9. The molecule has 0 atom stereocenters. The number of hydrogen-bond acceptors (Lipinski definition) is 2. The molecule has 0 aromatic rings. The van der Waals surface area contributed by atoms with Gasteiger partial charge in [-0.3, -0.25) is 4.90 Å². The van der Waals surface area contributed by atoms with Crippen LogP contribution in [0.5, 0.6) is 0 Å². The Kier molecular flexibility index (Phi) is 5.76. The largest absolute Gasteiger partial charge is 0.335 e. The number of rotatable bonds is 4. The number of hydrogen-bond donors (Lipinski definition) is 1. The van der Waals surface area contributed by atoms with Gasteiger partial charge < -0.3 is 10.2 Å². The Labute approximate surface area is 134 Å². The zero-order valence-corrected chi connectivity index (χ0v) is 13.9. The van der Waals surface area contributed by atoms with Gasteiger partial charge in [0.15, 0.2) is 0 Å². The lowest BCUT2D eigenvalue weighted by Crippen LogP contribution is -2.53. The molecule has 0 aromatic heterocycles. The van der Waals surface area contributed by atoms with Gasteiger partial charge in [0.1, 0.15) is 0 Å². The van der Waals surface area contributed by atoms with Crippen molar-refractivity contribution in [1.82, 2.24) is 15.1 Å².